The third kappa shape index (κ3) is 3.67. The van der Waals surface area contributed by atoms with Crippen molar-refractivity contribution in [1.29, 1.82) is 5.26 Å². The lowest BCUT2D eigenvalue weighted by Crippen LogP contribution is -2.12. The number of nitriles is 1. The molecule has 0 aliphatic heterocycles. The van der Waals surface area contributed by atoms with Gasteiger partial charge in [-0.15, -0.1) is 0 Å². The van der Waals surface area contributed by atoms with Gasteiger partial charge in [-0.2, -0.15) is 5.26 Å². The summed E-state index contributed by atoms with van der Waals surface area (Å²) in [6.07, 6.45) is 0. The number of hydrogen-bond donors (Lipinski definition) is 2. The van der Waals surface area contributed by atoms with Gasteiger partial charge in [-0.05, 0) is 35.4 Å². The molecule has 0 bridgehead atoms. The Labute approximate surface area is 117 Å². The van der Waals surface area contributed by atoms with Crippen LogP contribution in [0.25, 0.3) is 0 Å². The number of carboxylic acids is 1. The highest BCUT2D eigenvalue weighted by Crippen LogP contribution is 2.06. The largest absolute Gasteiger partial charge is 0.478 e. The van der Waals surface area contributed by atoms with Crippen LogP contribution in [0.1, 0.15) is 27.0 Å². The van der Waals surface area contributed by atoms with Crippen LogP contribution in [0.2, 0.25) is 0 Å². The fraction of sp³-hybridized carbons (Fsp3) is 0.125. The Morgan fingerprint density at radius 3 is 2.45 bits per heavy atom. The molecule has 20 heavy (non-hydrogen) atoms. The van der Waals surface area contributed by atoms with Crippen molar-refractivity contribution in [2.75, 3.05) is 0 Å². The summed E-state index contributed by atoms with van der Waals surface area (Å²) in [4.78, 5) is 10.7. The zero-order chi connectivity index (χ0) is 14.4. The molecule has 0 amide bonds. The molecule has 4 nitrogen and oxygen atoms in total. The molecule has 100 valence electrons. The van der Waals surface area contributed by atoms with E-state index in [1.807, 2.05) is 18.2 Å². The van der Waals surface area contributed by atoms with Crippen LogP contribution in [0.3, 0.4) is 0 Å². The van der Waals surface area contributed by atoms with Gasteiger partial charge < -0.3 is 10.4 Å². The second-order valence-corrected chi connectivity index (χ2v) is 4.42. The van der Waals surface area contributed by atoms with E-state index in [2.05, 4.69) is 11.4 Å². The predicted molar refractivity (Wildman–Crippen MR) is 75.1 cm³/mol. The highest BCUT2D eigenvalue weighted by Gasteiger charge is 2.01. The molecule has 0 aliphatic rings. The van der Waals surface area contributed by atoms with E-state index in [1.54, 1.807) is 30.3 Å². The van der Waals surface area contributed by atoms with Gasteiger partial charge in [-0.25, -0.2) is 4.79 Å². The number of hydrogen-bond acceptors (Lipinski definition) is 3. The fourth-order valence-electron chi connectivity index (χ4n) is 1.87. The van der Waals surface area contributed by atoms with E-state index >= 15 is 0 Å². The minimum absolute atomic E-state index is 0.287. The summed E-state index contributed by atoms with van der Waals surface area (Å²) in [5, 5.41) is 20.9. The molecule has 0 aliphatic carbocycles. The second-order valence-electron chi connectivity index (χ2n) is 4.42. The smallest absolute Gasteiger partial charge is 0.335 e. The van der Waals surface area contributed by atoms with Crippen LogP contribution < -0.4 is 5.32 Å². The molecule has 0 spiro atoms. The van der Waals surface area contributed by atoms with Gasteiger partial charge in [0.2, 0.25) is 0 Å². The Morgan fingerprint density at radius 1 is 1.10 bits per heavy atom. The summed E-state index contributed by atoms with van der Waals surface area (Å²) < 4.78 is 0. The number of benzene rings is 2. The second kappa shape index (κ2) is 6.50. The Hall–Kier alpha value is -2.64. The Kier molecular flexibility index (Phi) is 4.48. The lowest BCUT2D eigenvalue weighted by Gasteiger charge is -2.06. The molecule has 2 rings (SSSR count). The molecule has 2 aromatic rings. The lowest BCUT2D eigenvalue weighted by molar-refractivity contribution is 0.0697. The Balaban J connectivity index is 1.89. The molecular formula is C16H14N2O2. The van der Waals surface area contributed by atoms with Crippen molar-refractivity contribution in [3.8, 4) is 6.07 Å². The third-order valence-electron chi connectivity index (χ3n) is 2.92. The van der Waals surface area contributed by atoms with Gasteiger partial charge in [0.15, 0.2) is 0 Å². The van der Waals surface area contributed by atoms with Crippen molar-refractivity contribution >= 4 is 5.97 Å². The van der Waals surface area contributed by atoms with Gasteiger partial charge >= 0.3 is 5.97 Å². The van der Waals surface area contributed by atoms with Crippen LogP contribution in [0.5, 0.6) is 0 Å². The molecule has 0 radical (unpaired) electrons. The quantitative estimate of drug-likeness (QED) is 0.872. The first-order valence-electron chi connectivity index (χ1n) is 6.21. The average molecular weight is 266 g/mol. The van der Waals surface area contributed by atoms with Gasteiger partial charge in [0.05, 0.1) is 17.2 Å². The molecule has 4 heteroatoms. The summed E-state index contributed by atoms with van der Waals surface area (Å²) in [6, 6.07) is 16.3. The van der Waals surface area contributed by atoms with E-state index in [0.717, 1.165) is 11.1 Å². The van der Waals surface area contributed by atoms with Crippen LogP contribution in [0, 0.1) is 11.3 Å². The van der Waals surface area contributed by atoms with Gasteiger partial charge in [-0.3, -0.25) is 0 Å². The van der Waals surface area contributed by atoms with E-state index in [9.17, 15) is 4.79 Å². The van der Waals surface area contributed by atoms with E-state index in [1.165, 1.54) is 0 Å². The molecule has 0 unspecified atom stereocenters. The SMILES string of the molecule is N#Cc1cccc(CNCc2ccc(C(=O)O)cc2)c1. The van der Waals surface area contributed by atoms with Crippen molar-refractivity contribution in [2.24, 2.45) is 0 Å². The summed E-state index contributed by atoms with van der Waals surface area (Å²) >= 11 is 0. The van der Waals surface area contributed by atoms with Crippen molar-refractivity contribution in [2.45, 2.75) is 13.1 Å². The standard InChI is InChI=1S/C16H14N2O2/c17-9-13-2-1-3-14(8-13)11-18-10-12-4-6-15(7-5-12)16(19)20/h1-8,18H,10-11H2,(H,19,20). The zero-order valence-corrected chi connectivity index (χ0v) is 10.8. The van der Waals surface area contributed by atoms with E-state index in [0.29, 0.717) is 18.7 Å². The number of carboxylic acid groups (broad SMARTS) is 1. The normalized spacial score (nSPS) is 9.95. The number of carbonyl (C=O) groups is 1. The number of aromatic carboxylic acids is 1. The van der Waals surface area contributed by atoms with E-state index < -0.39 is 5.97 Å². The lowest BCUT2D eigenvalue weighted by atomic mass is 10.1. The van der Waals surface area contributed by atoms with Gasteiger partial charge in [0.25, 0.3) is 0 Å². The van der Waals surface area contributed by atoms with E-state index in [-0.39, 0.29) is 5.56 Å². The topological polar surface area (TPSA) is 73.1 Å². The molecule has 0 aromatic heterocycles. The summed E-state index contributed by atoms with van der Waals surface area (Å²) in [7, 11) is 0. The molecule has 0 saturated heterocycles. The number of rotatable bonds is 5. The summed E-state index contributed by atoms with van der Waals surface area (Å²) in [6.45, 7) is 1.31. The van der Waals surface area contributed by atoms with Crippen LogP contribution >= 0.6 is 0 Å². The first kappa shape index (κ1) is 13.8. The summed E-state index contributed by atoms with van der Waals surface area (Å²) in [5.74, 6) is -0.919. The van der Waals surface area contributed by atoms with Crippen molar-refractivity contribution in [3.05, 3.63) is 70.8 Å². The highest BCUT2D eigenvalue weighted by molar-refractivity contribution is 5.87. The Morgan fingerprint density at radius 2 is 1.80 bits per heavy atom. The average Bonchev–Trinajstić information content (AvgIpc) is 2.48. The maximum atomic E-state index is 10.7. The zero-order valence-electron chi connectivity index (χ0n) is 10.8. The number of nitrogens with one attached hydrogen (secondary N) is 1. The van der Waals surface area contributed by atoms with Gasteiger partial charge in [0, 0.05) is 13.1 Å². The molecule has 0 fully saturated rings. The first-order chi connectivity index (χ1) is 9.69. The maximum absolute atomic E-state index is 10.7. The van der Waals surface area contributed by atoms with Gasteiger partial charge in [-0.1, -0.05) is 24.3 Å². The molecule has 0 heterocycles. The number of nitrogens with zero attached hydrogens (tertiary/aromatic N) is 1. The minimum atomic E-state index is -0.919. The Bertz CT molecular complexity index is 642. The predicted octanol–water partition coefficient (Wildman–Crippen LogP) is 2.55. The van der Waals surface area contributed by atoms with Crippen LogP contribution in [0.4, 0.5) is 0 Å². The monoisotopic (exact) mass is 266 g/mol. The van der Waals surface area contributed by atoms with Crippen LogP contribution in [-0.2, 0) is 13.1 Å². The van der Waals surface area contributed by atoms with Crippen molar-refractivity contribution < 1.29 is 9.90 Å². The molecule has 0 atom stereocenters. The van der Waals surface area contributed by atoms with Crippen LogP contribution in [0.15, 0.2) is 48.5 Å². The minimum Gasteiger partial charge on any atom is -0.478 e. The molecule has 2 aromatic carbocycles. The van der Waals surface area contributed by atoms with Crippen LogP contribution in [-0.4, -0.2) is 11.1 Å². The van der Waals surface area contributed by atoms with E-state index in [4.69, 9.17) is 10.4 Å². The van der Waals surface area contributed by atoms with Crippen molar-refractivity contribution in [1.82, 2.24) is 5.32 Å². The maximum Gasteiger partial charge on any atom is 0.335 e. The van der Waals surface area contributed by atoms with Crippen molar-refractivity contribution in [3.63, 3.8) is 0 Å². The third-order valence-corrected chi connectivity index (χ3v) is 2.92. The molecule has 2 N–H and O–H groups in total. The fourth-order valence-corrected chi connectivity index (χ4v) is 1.87. The molecule has 0 saturated carbocycles. The first-order valence-corrected chi connectivity index (χ1v) is 6.21. The molecular weight excluding hydrogens is 252 g/mol. The summed E-state index contributed by atoms with van der Waals surface area (Å²) in [5.41, 5.74) is 3.00. The highest BCUT2D eigenvalue weighted by atomic mass is 16.4. The van der Waals surface area contributed by atoms with Gasteiger partial charge in [0.1, 0.15) is 0 Å².